The van der Waals surface area contributed by atoms with Gasteiger partial charge in [-0.15, -0.1) is 0 Å². The number of hydrogen-bond acceptors (Lipinski definition) is 7. The van der Waals surface area contributed by atoms with Crippen molar-refractivity contribution in [3.8, 4) is 56.7 Å². The molecule has 0 aliphatic rings. The number of rotatable bonds is 5. The Balaban J connectivity index is 1.12. The number of fused-ring (bicyclic) bond motifs is 7. The fraction of sp³-hybridized carbons (Fsp3) is 0. The molecule has 262 valence electrons. The molecule has 0 N–H and O–H groups in total. The van der Waals surface area contributed by atoms with Gasteiger partial charge in [0, 0.05) is 38.4 Å². The number of furan rings is 1. The summed E-state index contributed by atoms with van der Waals surface area (Å²) >= 11 is 0. The van der Waals surface area contributed by atoms with E-state index in [1.807, 2.05) is 146 Å². The minimum absolute atomic E-state index is 0.160. The van der Waals surface area contributed by atoms with Gasteiger partial charge in [-0.2, -0.15) is 0 Å². The molecule has 0 radical (unpaired) electrons. The first-order valence-electron chi connectivity index (χ1n) is 18.3. The Hall–Kier alpha value is -7.84. The average Bonchev–Trinajstić information content (AvgIpc) is 3.65. The van der Waals surface area contributed by atoms with Crippen molar-refractivity contribution >= 4 is 49.4 Å². The van der Waals surface area contributed by atoms with Gasteiger partial charge >= 0.3 is 0 Å². The first-order chi connectivity index (χ1) is 27.7. The molecule has 56 heavy (non-hydrogen) atoms. The predicted molar refractivity (Wildman–Crippen MR) is 222 cm³/mol. The van der Waals surface area contributed by atoms with E-state index in [1.54, 1.807) is 4.40 Å². The molecule has 8 nitrogen and oxygen atoms in total. The summed E-state index contributed by atoms with van der Waals surface area (Å²) in [6, 6.07) is 55.5. The number of para-hydroxylation sites is 1. The second-order valence-electron chi connectivity index (χ2n) is 13.7. The molecule has 0 unspecified atom stereocenters. The quantitative estimate of drug-likeness (QED) is 0.129. The first-order valence-corrected chi connectivity index (χ1v) is 18.3. The highest BCUT2D eigenvalue weighted by molar-refractivity contribution is 6.13. The van der Waals surface area contributed by atoms with E-state index in [1.165, 1.54) is 0 Å². The molecule has 0 spiro atoms. The maximum atomic E-state index is 14.1. The van der Waals surface area contributed by atoms with Gasteiger partial charge in [0.05, 0.1) is 16.4 Å². The topological polar surface area (TPSA) is 99.1 Å². The van der Waals surface area contributed by atoms with Gasteiger partial charge in [-0.25, -0.2) is 29.3 Å². The van der Waals surface area contributed by atoms with Crippen LogP contribution in [0.2, 0.25) is 0 Å². The normalized spacial score (nSPS) is 11.6. The molecular formula is C48H28N6O2. The lowest BCUT2D eigenvalue weighted by Crippen LogP contribution is -2.18. The molecule has 0 fully saturated rings. The van der Waals surface area contributed by atoms with Crippen molar-refractivity contribution in [3.63, 3.8) is 0 Å². The van der Waals surface area contributed by atoms with Crippen molar-refractivity contribution in [1.82, 2.24) is 29.3 Å². The highest BCUT2D eigenvalue weighted by Crippen LogP contribution is 2.39. The smallest absolute Gasteiger partial charge is 0.267 e. The van der Waals surface area contributed by atoms with Crippen molar-refractivity contribution in [2.24, 2.45) is 0 Å². The molecule has 0 saturated heterocycles. The molecule has 4 heterocycles. The molecule has 11 rings (SSSR count). The van der Waals surface area contributed by atoms with E-state index in [4.69, 9.17) is 29.3 Å². The molecule has 8 heteroatoms. The summed E-state index contributed by atoms with van der Waals surface area (Å²) < 4.78 is 8.09. The van der Waals surface area contributed by atoms with Crippen LogP contribution < -0.4 is 5.56 Å². The van der Waals surface area contributed by atoms with E-state index in [0.29, 0.717) is 39.8 Å². The molecule has 0 saturated carbocycles. The molecule has 4 aromatic heterocycles. The number of hydrogen-bond donors (Lipinski definition) is 0. The van der Waals surface area contributed by atoms with Crippen molar-refractivity contribution in [1.29, 1.82) is 0 Å². The zero-order chi connectivity index (χ0) is 37.2. The Bertz CT molecular complexity index is 3320. The Morgan fingerprint density at radius 3 is 1.71 bits per heavy atom. The number of benzene rings is 7. The van der Waals surface area contributed by atoms with Crippen LogP contribution in [0.1, 0.15) is 0 Å². The Morgan fingerprint density at radius 1 is 0.411 bits per heavy atom. The van der Waals surface area contributed by atoms with Gasteiger partial charge < -0.3 is 4.42 Å². The zero-order valence-corrected chi connectivity index (χ0v) is 29.7. The highest BCUT2D eigenvalue weighted by atomic mass is 16.3. The van der Waals surface area contributed by atoms with Crippen LogP contribution >= 0.6 is 0 Å². The van der Waals surface area contributed by atoms with Gasteiger partial charge in [0.25, 0.3) is 5.56 Å². The largest absolute Gasteiger partial charge is 0.456 e. The van der Waals surface area contributed by atoms with Crippen LogP contribution in [0.5, 0.6) is 0 Å². The third kappa shape index (κ3) is 5.15. The second kappa shape index (κ2) is 12.6. The molecule has 0 aliphatic heterocycles. The predicted octanol–water partition coefficient (Wildman–Crippen LogP) is 10.8. The third-order valence-corrected chi connectivity index (χ3v) is 10.3. The highest BCUT2D eigenvalue weighted by Gasteiger charge is 2.20. The molecule has 0 aliphatic carbocycles. The summed E-state index contributed by atoms with van der Waals surface area (Å²) in [6.07, 6.45) is 0. The molecule has 7 aromatic carbocycles. The SMILES string of the molecule is O=c1c2ccccc2nc2c3cc(-c4ccc5oc6cccc(-c7nc(-c8ccccc8)nc(-c8ccccc8)n7)c6c5c4)ccc3nc(-c3ccccc3)n12. The van der Waals surface area contributed by atoms with Gasteiger partial charge in [-0.05, 0) is 53.6 Å². The van der Waals surface area contributed by atoms with Crippen LogP contribution in [0.15, 0.2) is 179 Å². The summed E-state index contributed by atoms with van der Waals surface area (Å²) in [5.74, 6) is 2.28. The summed E-state index contributed by atoms with van der Waals surface area (Å²) in [6.45, 7) is 0. The second-order valence-corrected chi connectivity index (χ2v) is 13.7. The fourth-order valence-electron chi connectivity index (χ4n) is 7.57. The van der Waals surface area contributed by atoms with Crippen LogP contribution in [-0.2, 0) is 0 Å². The summed E-state index contributed by atoms with van der Waals surface area (Å²) in [7, 11) is 0. The van der Waals surface area contributed by atoms with Crippen molar-refractivity contribution in [2.45, 2.75) is 0 Å². The van der Waals surface area contributed by atoms with Crippen LogP contribution in [-0.4, -0.2) is 29.3 Å². The average molecular weight is 721 g/mol. The van der Waals surface area contributed by atoms with Crippen LogP contribution in [0, 0.1) is 0 Å². The van der Waals surface area contributed by atoms with Crippen molar-refractivity contribution in [2.75, 3.05) is 0 Å². The van der Waals surface area contributed by atoms with Crippen molar-refractivity contribution in [3.05, 3.63) is 180 Å². The van der Waals surface area contributed by atoms with Gasteiger partial charge in [-0.1, -0.05) is 127 Å². The van der Waals surface area contributed by atoms with E-state index in [9.17, 15) is 4.79 Å². The van der Waals surface area contributed by atoms with Gasteiger partial charge in [0.2, 0.25) is 0 Å². The summed E-state index contributed by atoms with van der Waals surface area (Å²) in [5.41, 5.74) is 8.64. The number of aromatic nitrogens is 6. The van der Waals surface area contributed by atoms with Crippen LogP contribution in [0.4, 0.5) is 0 Å². The number of nitrogens with zero attached hydrogens (tertiary/aromatic N) is 6. The van der Waals surface area contributed by atoms with E-state index >= 15 is 0 Å². The monoisotopic (exact) mass is 720 g/mol. The molecule has 11 aromatic rings. The van der Waals surface area contributed by atoms with Crippen LogP contribution in [0.3, 0.4) is 0 Å². The Kier molecular flexibility index (Phi) is 7.15. The van der Waals surface area contributed by atoms with Crippen LogP contribution in [0.25, 0.3) is 106 Å². The van der Waals surface area contributed by atoms with Gasteiger partial charge in [-0.3, -0.25) is 4.79 Å². The van der Waals surface area contributed by atoms with Gasteiger partial charge in [0.15, 0.2) is 23.1 Å². The minimum Gasteiger partial charge on any atom is -0.456 e. The first kappa shape index (κ1) is 31.7. The summed E-state index contributed by atoms with van der Waals surface area (Å²) in [5, 5.41) is 3.15. The molecule has 0 amide bonds. The van der Waals surface area contributed by atoms with E-state index < -0.39 is 0 Å². The fourth-order valence-corrected chi connectivity index (χ4v) is 7.57. The maximum Gasteiger partial charge on any atom is 0.267 e. The van der Waals surface area contributed by atoms with E-state index in [-0.39, 0.29) is 5.56 Å². The third-order valence-electron chi connectivity index (χ3n) is 10.3. The zero-order valence-electron chi connectivity index (χ0n) is 29.7. The molecular weight excluding hydrogens is 693 g/mol. The van der Waals surface area contributed by atoms with E-state index in [0.717, 1.165) is 66.2 Å². The molecule has 0 atom stereocenters. The van der Waals surface area contributed by atoms with E-state index in [2.05, 4.69) is 24.3 Å². The van der Waals surface area contributed by atoms with Crippen molar-refractivity contribution < 1.29 is 4.42 Å². The Labute approximate surface area is 319 Å². The van der Waals surface area contributed by atoms with Gasteiger partial charge in [0.1, 0.15) is 17.0 Å². The maximum absolute atomic E-state index is 14.1. The Morgan fingerprint density at radius 2 is 1.00 bits per heavy atom. The lowest BCUT2D eigenvalue weighted by atomic mass is 9.99. The summed E-state index contributed by atoms with van der Waals surface area (Å²) in [4.78, 5) is 39.2. The lowest BCUT2D eigenvalue weighted by molar-refractivity contribution is 0.669. The molecule has 0 bridgehead atoms. The lowest BCUT2D eigenvalue weighted by Gasteiger charge is -2.13. The standard InChI is InChI=1S/C48H28N6O2/c55-48-34-19-10-11-21-38(34)50-47-36-27-32(23-25-39(36)49-46(54(47)48)31-17-8-3-9-18-31)33-24-26-40-37(28-33)42-35(20-12-22-41(42)56-40)45-52-43(29-13-4-1-5-14-29)51-44(53-45)30-15-6-2-7-16-30/h1-28H. The minimum atomic E-state index is -0.160.